The molecule has 1 aliphatic heterocycles. The summed E-state index contributed by atoms with van der Waals surface area (Å²) in [5, 5.41) is 0.910. The van der Waals surface area contributed by atoms with Crippen molar-refractivity contribution in [3.63, 3.8) is 0 Å². The van der Waals surface area contributed by atoms with Crippen LogP contribution >= 0.6 is 0 Å². The summed E-state index contributed by atoms with van der Waals surface area (Å²) in [4.78, 5) is 45.7. The molecular weight excluding hydrogens is 518 g/mol. The number of benzene rings is 1. The number of rotatable bonds is 3. The number of Topliss-reactive ketones (excluding diaryl/α,β-unsaturated/α-hetero) is 1. The molecule has 1 unspecified atom stereocenters. The van der Waals surface area contributed by atoms with E-state index < -0.39 is 23.4 Å². The number of carbonyl (C=O) groups is 3. The van der Waals surface area contributed by atoms with Crippen LogP contribution in [0.25, 0.3) is 22.2 Å². The Morgan fingerprint density at radius 1 is 0.927 bits per heavy atom. The summed E-state index contributed by atoms with van der Waals surface area (Å²) in [5.41, 5.74) is 4.70. The fourth-order valence-electron chi connectivity index (χ4n) is 5.55. The molecule has 1 aliphatic rings. The van der Waals surface area contributed by atoms with Crippen LogP contribution in [0, 0.1) is 13.8 Å². The average Bonchev–Trinajstić information content (AvgIpc) is 3.16. The van der Waals surface area contributed by atoms with Gasteiger partial charge in [-0.3, -0.25) is 9.78 Å². The van der Waals surface area contributed by atoms with Crippen molar-refractivity contribution >= 4 is 28.9 Å². The minimum absolute atomic E-state index is 0.00833. The second-order valence-electron chi connectivity index (χ2n) is 13.4. The first-order valence-electron chi connectivity index (χ1n) is 14.3. The molecule has 0 aliphatic carbocycles. The predicted octanol–water partition coefficient (Wildman–Crippen LogP) is 7.52. The van der Waals surface area contributed by atoms with Crippen molar-refractivity contribution in [2.24, 2.45) is 0 Å². The number of amides is 1. The maximum Gasteiger partial charge on any atom is 0.419 e. The Balaban J connectivity index is 1.83. The van der Waals surface area contributed by atoms with Crippen molar-refractivity contribution in [3.8, 4) is 11.3 Å². The molecule has 1 saturated heterocycles. The number of nitrogens with zero attached hydrogens (tertiary/aromatic N) is 3. The Bertz CT molecular complexity index is 1480. The van der Waals surface area contributed by atoms with Crippen LogP contribution in [0.4, 0.5) is 9.59 Å². The van der Waals surface area contributed by atoms with Crippen LogP contribution < -0.4 is 0 Å². The Morgan fingerprint density at radius 3 is 2.05 bits per heavy atom. The average molecular weight is 562 g/mol. The van der Waals surface area contributed by atoms with Gasteiger partial charge in [0.2, 0.25) is 0 Å². The zero-order valence-corrected chi connectivity index (χ0v) is 26.0. The highest BCUT2D eigenvalue weighted by molar-refractivity contribution is 6.01. The van der Waals surface area contributed by atoms with Crippen molar-refractivity contribution in [2.75, 3.05) is 13.1 Å². The van der Waals surface area contributed by atoms with E-state index in [0.717, 1.165) is 44.7 Å². The third kappa shape index (κ3) is 6.63. The van der Waals surface area contributed by atoms with Gasteiger partial charge in [-0.15, -0.1) is 0 Å². The van der Waals surface area contributed by atoms with Crippen LogP contribution in [-0.4, -0.2) is 56.7 Å². The molecule has 3 aromatic rings. The Labute approximate surface area is 243 Å². The van der Waals surface area contributed by atoms with Crippen LogP contribution in [0.1, 0.15) is 96.2 Å². The SMILES string of the molecule is Cc1cc(-c2c(C(C)C)c3cc(C4CCN(C(=O)OC(C)(C)C)CC4=O)ccc3n2C(=O)OC(C)(C)C)cc(C)n1. The molecule has 0 radical (unpaired) electrons. The fraction of sp³-hybridized carbons (Fsp3) is 0.515. The molecule has 8 heteroatoms. The second-order valence-corrected chi connectivity index (χ2v) is 13.4. The Kier molecular flexibility index (Phi) is 8.09. The van der Waals surface area contributed by atoms with Crippen molar-refractivity contribution in [1.29, 1.82) is 0 Å². The molecule has 0 bridgehead atoms. The number of piperidine rings is 1. The van der Waals surface area contributed by atoms with Gasteiger partial charge in [-0.05, 0) is 103 Å². The molecule has 8 nitrogen and oxygen atoms in total. The molecule has 2 aromatic heterocycles. The van der Waals surface area contributed by atoms with Gasteiger partial charge in [0.25, 0.3) is 0 Å². The lowest BCUT2D eigenvalue weighted by Crippen LogP contribution is -2.45. The van der Waals surface area contributed by atoms with E-state index in [1.165, 1.54) is 4.90 Å². The number of aromatic nitrogens is 2. The zero-order chi connectivity index (χ0) is 30.4. The summed E-state index contributed by atoms with van der Waals surface area (Å²) < 4.78 is 13.0. The molecular formula is C33H43N3O5. The van der Waals surface area contributed by atoms with Gasteiger partial charge in [0.15, 0.2) is 5.78 Å². The lowest BCUT2D eigenvalue weighted by molar-refractivity contribution is -0.123. The topological polar surface area (TPSA) is 90.7 Å². The molecule has 1 atom stereocenters. The summed E-state index contributed by atoms with van der Waals surface area (Å²) in [6.45, 7) is 19.5. The number of carbonyl (C=O) groups excluding carboxylic acids is 3. The molecule has 0 saturated carbocycles. The zero-order valence-electron chi connectivity index (χ0n) is 26.0. The summed E-state index contributed by atoms with van der Waals surface area (Å²) in [5.74, 6) is -0.304. The van der Waals surface area contributed by atoms with Gasteiger partial charge in [-0.25, -0.2) is 14.2 Å². The number of hydrogen-bond donors (Lipinski definition) is 0. The highest BCUT2D eigenvalue weighted by atomic mass is 16.6. The van der Waals surface area contributed by atoms with E-state index in [2.05, 4.69) is 18.8 Å². The molecule has 1 aromatic carbocycles. The van der Waals surface area contributed by atoms with E-state index >= 15 is 0 Å². The first kappa shape index (κ1) is 30.3. The summed E-state index contributed by atoms with van der Waals surface area (Å²) in [7, 11) is 0. The molecule has 1 amide bonds. The van der Waals surface area contributed by atoms with Gasteiger partial charge >= 0.3 is 12.2 Å². The van der Waals surface area contributed by atoms with Crippen molar-refractivity contribution in [1.82, 2.24) is 14.5 Å². The highest BCUT2D eigenvalue weighted by Gasteiger charge is 2.34. The van der Waals surface area contributed by atoms with Gasteiger partial charge in [0.1, 0.15) is 11.2 Å². The molecule has 220 valence electrons. The van der Waals surface area contributed by atoms with Crippen molar-refractivity contribution in [3.05, 3.63) is 52.8 Å². The smallest absolute Gasteiger partial charge is 0.419 e. The van der Waals surface area contributed by atoms with E-state index in [1.807, 2.05) is 85.7 Å². The molecule has 4 rings (SSSR count). The number of fused-ring (bicyclic) bond motifs is 1. The predicted molar refractivity (Wildman–Crippen MR) is 161 cm³/mol. The number of hydrogen-bond acceptors (Lipinski definition) is 6. The minimum Gasteiger partial charge on any atom is -0.444 e. The molecule has 3 heterocycles. The standard InChI is InChI=1S/C33H43N3O5/c1-19(2)28-25-17-22(24-13-14-35(18-27(24)37)30(38)40-32(5,6)7)11-12-26(25)36(31(39)41-33(8,9)10)29(28)23-15-20(3)34-21(4)16-23/h11-12,15-17,19,24H,13-14,18H2,1-10H3. The summed E-state index contributed by atoms with van der Waals surface area (Å²) in [6.07, 6.45) is -0.418. The van der Waals surface area contributed by atoms with Crippen molar-refractivity contribution < 1.29 is 23.9 Å². The van der Waals surface area contributed by atoms with Gasteiger partial charge < -0.3 is 14.4 Å². The molecule has 0 spiro atoms. The van der Waals surface area contributed by atoms with Crippen LogP contribution in [-0.2, 0) is 14.3 Å². The first-order chi connectivity index (χ1) is 18.9. The van der Waals surface area contributed by atoms with E-state index in [1.54, 1.807) is 4.57 Å². The van der Waals surface area contributed by atoms with Gasteiger partial charge in [0, 0.05) is 34.8 Å². The van der Waals surface area contributed by atoms with Crippen LogP contribution in [0.15, 0.2) is 30.3 Å². The van der Waals surface area contributed by atoms with Crippen LogP contribution in [0.2, 0.25) is 0 Å². The summed E-state index contributed by atoms with van der Waals surface area (Å²) >= 11 is 0. The monoisotopic (exact) mass is 561 g/mol. The van der Waals surface area contributed by atoms with Crippen LogP contribution in [0.3, 0.4) is 0 Å². The van der Waals surface area contributed by atoms with Gasteiger partial charge in [-0.1, -0.05) is 19.9 Å². The summed E-state index contributed by atoms with van der Waals surface area (Å²) in [6, 6.07) is 9.86. The number of ketones is 1. The lowest BCUT2D eigenvalue weighted by atomic mass is 9.86. The third-order valence-corrected chi connectivity index (χ3v) is 7.02. The first-order valence-corrected chi connectivity index (χ1v) is 14.3. The minimum atomic E-state index is -0.679. The van der Waals surface area contributed by atoms with Gasteiger partial charge in [-0.2, -0.15) is 0 Å². The second kappa shape index (κ2) is 11.0. The normalized spacial score (nSPS) is 16.4. The maximum atomic E-state index is 13.7. The van der Waals surface area contributed by atoms with Crippen LogP contribution in [0.5, 0.6) is 0 Å². The number of aryl methyl sites for hydroxylation is 2. The van der Waals surface area contributed by atoms with E-state index in [4.69, 9.17) is 9.47 Å². The number of ether oxygens (including phenoxy) is 2. The molecule has 0 N–H and O–H groups in total. The van der Waals surface area contributed by atoms with Crippen molar-refractivity contribution in [2.45, 2.75) is 98.7 Å². The largest absolute Gasteiger partial charge is 0.444 e. The van der Waals surface area contributed by atoms with E-state index in [0.29, 0.717) is 13.0 Å². The number of likely N-dealkylation sites (tertiary alicyclic amines) is 1. The Hall–Kier alpha value is -3.68. The highest BCUT2D eigenvalue weighted by Crippen LogP contribution is 2.41. The number of pyridine rings is 1. The lowest BCUT2D eigenvalue weighted by Gasteiger charge is -2.32. The molecule has 41 heavy (non-hydrogen) atoms. The maximum absolute atomic E-state index is 13.7. The quantitative estimate of drug-likeness (QED) is 0.328. The van der Waals surface area contributed by atoms with E-state index in [9.17, 15) is 14.4 Å². The van der Waals surface area contributed by atoms with E-state index in [-0.39, 0.29) is 24.2 Å². The Morgan fingerprint density at radius 2 is 1.51 bits per heavy atom. The molecule has 1 fully saturated rings. The fourth-order valence-corrected chi connectivity index (χ4v) is 5.55. The third-order valence-electron chi connectivity index (χ3n) is 7.02. The van der Waals surface area contributed by atoms with Gasteiger partial charge in [0.05, 0.1) is 17.8 Å².